The summed E-state index contributed by atoms with van der Waals surface area (Å²) in [4.78, 5) is 36.9. The number of amides is 1. The van der Waals surface area contributed by atoms with Gasteiger partial charge in [0.25, 0.3) is 11.6 Å². The van der Waals surface area contributed by atoms with Crippen molar-refractivity contribution in [3.63, 3.8) is 0 Å². The number of carbonyl (C=O) groups excluding carboxylic acids is 2. The molecule has 0 bridgehead atoms. The highest BCUT2D eigenvalue weighted by molar-refractivity contribution is 7.80. The Morgan fingerprint density at radius 1 is 1.23 bits per heavy atom. The van der Waals surface area contributed by atoms with Gasteiger partial charge in [-0.15, -0.1) is 0 Å². The largest absolute Gasteiger partial charge is 0.466 e. The van der Waals surface area contributed by atoms with E-state index in [0.717, 1.165) is 0 Å². The number of carbonyl (C=O) groups is 2. The maximum Gasteiger partial charge on any atom is 0.337 e. The molecule has 0 spiro atoms. The number of esters is 1. The number of nitrogens with one attached hydrogen (secondary N) is 2. The normalized spacial score (nSPS) is 15.9. The molecule has 0 saturated carbocycles. The molecule has 1 atom stereocenters. The van der Waals surface area contributed by atoms with Crippen LogP contribution in [0.2, 0.25) is 0 Å². The smallest absolute Gasteiger partial charge is 0.337 e. The lowest BCUT2D eigenvalue weighted by atomic mass is 9.95. The molecule has 0 saturated heterocycles. The van der Waals surface area contributed by atoms with Crippen LogP contribution < -0.4 is 10.6 Å². The van der Waals surface area contributed by atoms with Crippen LogP contribution in [0, 0.1) is 10.1 Å². The van der Waals surface area contributed by atoms with Crippen LogP contribution in [0.25, 0.3) is 0 Å². The molecule has 1 heterocycles. The van der Waals surface area contributed by atoms with Gasteiger partial charge in [0.05, 0.1) is 23.6 Å². The Bertz CT molecular complexity index is 1100. The molecule has 0 fully saturated rings. The third-order valence-corrected chi connectivity index (χ3v) is 5.37. The zero-order valence-electron chi connectivity index (χ0n) is 17.0. The standard InChI is InChI=1S/C21H20N4O5S/c1-12-17(20(27)30-3)18(23-21(31)24(12)2)14-5-4-6-15(11-14)22-19(26)13-7-9-16(10-8-13)25(28)29/h4-11,18H,1-3H3,(H,22,26)(H,23,31). The zero-order chi connectivity index (χ0) is 22.7. The zero-order valence-corrected chi connectivity index (χ0v) is 17.9. The van der Waals surface area contributed by atoms with Crippen molar-refractivity contribution in [3.8, 4) is 0 Å². The fraction of sp³-hybridized carbons (Fsp3) is 0.190. The highest BCUT2D eigenvalue weighted by Gasteiger charge is 2.33. The molecule has 31 heavy (non-hydrogen) atoms. The molecule has 1 aliphatic rings. The van der Waals surface area contributed by atoms with Gasteiger partial charge in [0.15, 0.2) is 5.11 Å². The predicted molar refractivity (Wildman–Crippen MR) is 118 cm³/mol. The van der Waals surface area contributed by atoms with Crippen molar-refractivity contribution in [3.05, 3.63) is 81.0 Å². The summed E-state index contributed by atoms with van der Waals surface area (Å²) in [7, 11) is 3.07. The summed E-state index contributed by atoms with van der Waals surface area (Å²) in [6.45, 7) is 1.78. The Morgan fingerprint density at radius 3 is 2.52 bits per heavy atom. The number of allylic oxidation sites excluding steroid dienone is 1. The van der Waals surface area contributed by atoms with Gasteiger partial charge in [-0.25, -0.2) is 4.79 Å². The predicted octanol–water partition coefficient (Wildman–Crippen LogP) is 3.16. The van der Waals surface area contributed by atoms with E-state index >= 15 is 0 Å². The average Bonchev–Trinajstić information content (AvgIpc) is 2.77. The molecule has 9 nitrogen and oxygen atoms in total. The fourth-order valence-corrected chi connectivity index (χ4v) is 3.45. The highest BCUT2D eigenvalue weighted by atomic mass is 32.1. The van der Waals surface area contributed by atoms with Gasteiger partial charge in [-0.3, -0.25) is 14.9 Å². The van der Waals surface area contributed by atoms with Crippen LogP contribution in [0.1, 0.15) is 28.9 Å². The Hall–Kier alpha value is -3.79. The molecule has 0 aromatic heterocycles. The quantitative estimate of drug-likeness (QED) is 0.315. The first-order chi connectivity index (χ1) is 14.7. The molecular formula is C21H20N4O5S. The van der Waals surface area contributed by atoms with Gasteiger partial charge in [-0.05, 0) is 49.0 Å². The molecule has 160 valence electrons. The van der Waals surface area contributed by atoms with Crippen molar-refractivity contribution >= 4 is 40.6 Å². The number of thiocarbonyl (C=S) groups is 1. The summed E-state index contributed by atoms with van der Waals surface area (Å²) in [5.74, 6) is -0.900. The van der Waals surface area contributed by atoms with Gasteiger partial charge in [0, 0.05) is 36.1 Å². The monoisotopic (exact) mass is 440 g/mol. The van der Waals surface area contributed by atoms with Crippen molar-refractivity contribution in [2.45, 2.75) is 13.0 Å². The summed E-state index contributed by atoms with van der Waals surface area (Å²) in [5.41, 5.74) is 2.46. The van der Waals surface area contributed by atoms with E-state index in [9.17, 15) is 19.7 Å². The Kier molecular flexibility index (Phi) is 6.30. The van der Waals surface area contributed by atoms with Crippen LogP contribution in [0.15, 0.2) is 59.8 Å². The van der Waals surface area contributed by atoms with E-state index in [2.05, 4.69) is 10.6 Å². The molecule has 2 aromatic rings. The Morgan fingerprint density at radius 2 is 1.90 bits per heavy atom. The van der Waals surface area contributed by atoms with Crippen LogP contribution in [-0.4, -0.2) is 41.0 Å². The second-order valence-electron chi connectivity index (χ2n) is 6.82. The van der Waals surface area contributed by atoms with Crippen molar-refractivity contribution in [1.29, 1.82) is 0 Å². The van der Waals surface area contributed by atoms with Gasteiger partial charge < -0.3 is 20.3 Å². The van der Waals surface area contributed by atoms with Crippen molar-refractivity contribution in [2.24, 2.45) is 0 Å². The van der Waals surface area contributed by atoms with Gasteiger partial charge in [0.2, 0.25) is 0 Å². The molecule has 1 amide bonds. The lowest BCUT2D eigenvalue weighted by Gasteiger charge is -2.35. The Balaban J connectivity index is 1.88. The third-order valence-electron chi connectivity index (χ3n) is 4.98. The molecule has 2 N–H and O–H groups in total. The number of hydrogen-bond donors (Lipinski definition) is 2. The van der Waals surface area contributed by atoms with Crippen LogP contribution in [0.5, 0.6) is 0 Å². The van der Waals surface area contributed by atoms with E-state index in [4.69, 9.17) is 17.0 Å². The SMILES string of the molecule is COC(=O)C1=C(C)N(C)C(=S)NC1c1cccc(NC(=O)c2ccc([N+](=O)[O-])cc2)c1. The van der Waals surface area contributed by atoms with Gasteiger partial charge in [-0.2, -0.15) is 0 Å². The van der Waals surface area contributed by atoms with Crippen molar-refractivity contribution in [1.82, 2.24) is 10.2 Å². The second kappa shape index (κ2) is 8.92. The number of methoxy groups -OCH3 is 1. The van der Waals surface area contributed by atoms with Gasteiger partial charge in [0.1, 0.15) is 0 Å². The summed E-state index contributed by atoms with van der Waals surface area (Å²) in [5, 5.41) is 17.1. The minimum absolute atomic E-state index is 0.0969. The number of nitro groups is 1. The molecule has 0 radical (unpaired) electrons. The number of nitrogens with zero attached hydrogens (tertiary/aromatic N) is 2. The molecule has 1 aliphatic heterocycles. The number of benzene rings is 2. The minimum atomic E-state index is -0.549. The van der Waals surface area contributed by atoms with Crippen LogP contribution >= 0.6 is 12.2 Å². The molecular weight excluding hydrogens is 420 g/mol. The van der Waals surface area contributed by atoms with E-state index in [1.807, 2.05) is 6.07 Å². The first-order valence-electron chi connectivity index (χ1n) is 9.22. The molecule has 2 aromatic carbocycles. The lowest BCUT2D eigenvalue weighted by Crippen LogP contribution is -2.46. The topological polar surface area (TPSA) is 114 Å². The number of hydrogen-bond acceptors (Lipinski definition) is 6. The summed E-state index contributed by atoms with van der Waals surface area (Å²) in [6, 6.07) is 11.7. The first kappa shape index (κ1) is 21.9. The van der Waals surface area contributed by atoms with E-state index < -0.39 is 22.8 Å². The fourth-order valence-electron chi connectivity index (χ4n) is 3.19. The van der Waals surface area contributed by atoms with E-state index in [-0.39, 0.29) is 11.3 Å². The number of anilines is 1. The maximum absolute atomic E-state index is 12.5. The summed E-state index contributed by atoms with van der Waals surface area (Å²) >= 11 is 5.36. The molecule has 1 unspecified atom stereocenters. The maximum atomic E-state index is 12.5. The number of ether oxygens (including phenoxy) is 1. The third kappa shape index (κ3) is 4.53. The molecule has 10 heteroatoms. The first-order valence-corrected chi connectivity index (χ1v) is 9.62. The number of rotatable bonds is 5. The van der Waals surface area contributed by atoms with E-state index in [0.29, 0.717) is 27.6 Å². The lowest BCUT2D eigenvalue weighted by molar-refractivity contribution is -0.384. The van der Waals surface area contributed by atoms with Gasteiger partial charge in [-0.1, -0.05) is 12.1 Å². The minimum Gasteiger partial charge on any atom is -0.466 e. The average molecular weight is 440 g/mol. The molecule has 3 rings (SSSR count). The number of non-ortho nitro benzene ring substituents is 1. The van der Waals surface area contributed by atoms with Crippen LogP contribution in [0.3, 0.4) is 0 Å². The van der Waals surface area contributed by atoms with Crippen LogP contribution in [-0.2, 0) is 9.53 Å². The Labute approximate surface area is 183 Å². The van der Waals surface area contributed by atoms with Gasteiger partial charge >= 0.3 is 5.97 Å². The van der Waals surface area contributed by atoms with Crippen LogP contribution in [0.4, 0.5) is 11.4 Å². The van der Waals surface area contributed by atoms with Crippen molar-refractivity contribution < 1.29 is 19.2 Å². The number of nitro benzene ring substituents is 1. The summed E-state index contributed by atoms with van der Waals surface area (Å²) < 4.78 is 4.95. The van der Waals surface area contributed by atoms with E-state index in [1.165, 1.54) is 31.4 Å². The molecule has 0 aliphatic carbocycles. The highest BCUT2D eigenvalue weighted by Crippen LogP contribution is 2.31. The van der Waals surface area contributed by atoms with Crippen molar-refractivity contribution in [2.75, 3.05) is 19.5 Å². The van der Waals surface area contributed by atoms with E-state index in [1.54, 1.807) is 37.1 Å². The second-order valence-corrected chi connectivity index (χ2v) is 7.20. The summed E-state index contributed by atoms with van der Waals surface area (Å²) in [6.07, 6.45) is 0.